The number of carbonyl (C=O) groups is 2. The number of carbonyl (C=O) groups excluding carboxylic acids is 2. The number of hydrogen-bond donors (Lipinski definition) is 2. The minimum atomic E-state index is -0.985. The average molecular weight is 469 g/mol. The molecule has 0 unspecified atom stereocenters. The molecular formula is C27H48O6. The third kappa shape index (κ3) is 9.71. The normalized spacial score (nSPS) is 19.0. The molecule has 0 radical (unpaired) electrons. The molecule has 0 heterocycles. The van der Waals surface area contributed by atoms with Crippen molar-refractivity contribution in [2.75, 3.05) is 14.2 Å². The van der Waals surface area contributed by atoms with Crippen LogP contribution in [0, 0.1) is 29.1 Å². The summed E-state index contributed by atoms with van der Waals surface area (Å²) in [5, 5.41) is 21.3. The largest absolute Gasteiger partial charge is 0.469 e. The number of ether oxygens (including phenoxy) is 2. The minimum absolute atomic E-state index is 0.00469. The third-order valence-corrected chi connectivity index (χ3v) is 6.59. The van der Waals surface area contributed by atoms with E-state index in [9.17, 15) is 19.8 Å². The summed E-state index contributed by atoms with van der Waals surface area (Å²) in [6, 6.07) is 0. The van der Waals surface area contributed by atoms with Gasteiger partial charge in [0, 0.05) is 18.9 Å². The first-order chi connectivity index (χ1) is 15.1. The van der Waals surface area contributed by atoms with Crippen LogP contribution in [0.15, 0.2) is 23.3 Å². The van der Waals surface area contributed by atoms with Crippen molar-refractivity contribution in [1.82, 2.24) is 0 Å². The smallest absolute Gasteiger partial charge is 0.308 e. The van der Waals surface area contributed by atoms with Crippen molar-refractivity contribution in [2.45, 2.75) is 93.5 Å². The summed E-state index contributed by atoms with van der Waals surface area (Å²) in [5.41, 5.74) is 1.24. The van der Waals surface area contributed by atoms with Gasteiger partial charge in [0.1, 0.15) is 5.78 Å². The van der Waals surface area contributed by atoms with Crippen molar-refractivity contribution in [3.63, 3.8) is 0 Å². The number of aliphatic hydroxyl groups excluding tert-OH is 2. The highest BCUT2D eigenvalue weighted by atomic mass is 16.5. The number of allylic oxidation sites excluding steroid dienone is 3. The van der Waals surface area contributed by atoms with E-state index in [-0.39, 0.29) is 30.0 Å². The molecule has 192 valence electrons. The molecule has 0 aromatic heterocycles. The molecule has 2 N–H and O–H groups in total. The maximum absolute atomic E-state index is 13.4. The van der Waals surface area contributed by atoms with Crippen molar-refractivity contribution in [3.8, 4) is 0 Å². The predicted octanol–water partition coefficient (Wildman–Crippen LogP) is 4.73. The van der Waals surface area contributed by atoms with Crippen LogP contribution in [0.3, 0.4) is 0 Å². The van der Waals surface area contributed by atoms with E-state index in [1.807, 2.05) is 34.6 Å². The molecule has 0 aromatic carbocycles. The number of hydrogen-bond acceptors (Lipinski definition) is 6. The first kappa shape index (κ1) is 31.5. The van der Waals surface area contributed by atoms with E-state index in [2.05, 4.69) is 37.7 Å². The first-order valence-electron chi connectivity index (χ1n) is 11.9. The molecule has 0 saturated heterocycles. The Kier molecular flexibility index (Phi) is 13.4. The molecule has 0 spiro atoms. The van der Waals surface area contributed by atoms with Gasteiger partial charge in [-0.25, -0.2) is 0 Å². The Bertz CT molecular complexity index is 689. The van der Waals surface area contributed by atoms with Gasteiger partial charge in [-0.2, -0.15) is 0 Å². The zero-order valence-corrected chi connectivity index (χ0v) is 22.6. The predicted molar refractivity (Wildman–Crippen MR) is 133 cm³/mol. The van der Waals surface area contributed by atoms with E-state index in [0.29, 0.717) is 6.42 Å². The molecule has 0 fully saturated rings. The number of Topliss-reactive ketones (excluding diaryl/α,β-unsaturated/α-hetero) is 1. The lowest BCUT2D eigenvalue weighted by molar-refractivity contribution is -0.149. The fourth-order valence-corrected chi connectivity index (χ4v) is 4.91. The summed E-state index contributed by atoms with van der Waals surface area (Å²) < 4.78 is 10.3. The standard InChI is InChI=1S/C27H48O6/c1-16(2)12-17(3)13-18(4)24(30)19(5)14-20(6)25(31)27(8,9)26(33-11)21(7)22(28)15-23(29)32-10/h12-13,17,19-22,24,26,28,30H,14-15H2,1-11H3/b18-13+/t17-,19-,20+,21+,22-,24+,26-/m0/s1. The Hall–Kier alpha value is -1.50. The molecule has 0 rings (SSSR count). The van der Waals surface area contributed by atoms with Crippen LogP contribution in [0.5, 0.6) is 0 Å². The van der Waals surface area contributed by atoms with E-state index in [1.165, 1.54) is 19.8 Å². The van der Waals surface area contributed by atoms with Crippen LogP contribution >= 0.6 is 0 Å². The Morgan fingerprint density at radius 2 is 1.52 bits per heavy atom. The Morgan fingerprint density at radius 3 is 1.97 bits per heavy atom. The number of methoxy groups -OCH3 is 2. The number of esters is 1. The number of rotatable bonds is 14. The van der Waals surface area contributed by atoms with Gasteiger partial charge in [-0.05, 0) is 44.6 Å². The lowest BCUT2D eigenvalue weighted by Crippen LogP contribution is -2.48. The maximum Gasteiger partial charge on any atom is 0.308 e. The van der Waals surface area contributed by atoms with E-state index < -0.39 is 35.6 Å². The van der Waals surface area contributed by atoms with Gasteiger partial charge >= 0.3 is 5.97 Å². The highest BCUT2D eigenvalue weighted by Crippen LogP contribution is 2.36. The van der Waals surface area contributed by atoms with Gasteiger partial charge in [0.15, 0.2) is 0 Å². The number of ketones is 1. The van der Waals surface area contributed by atoms with Crippen molar-refractivity contribution in [1.29, 1.82) is 0 Å². The minimum Gasteiger partial charge on any atom is -0.469 e. The molecule has 33 heavy (non-hydrogen) atoms. The quantitative estimate of drug-likeness (QED) is 0.283. The highest BCUT2D eigenvalue weighted by molar-refractivity contribution is 5.86. The van der Waals surface area contributed by atoms with Gasteiger partial charge in [-0.1, -0.05) is 59.3 Å². The van der Waals surface area contributed by atoms with Crippen molar-refractivity contribution in [3.05, 3.63) is 23.3 Å². The van der Waals surface area contributed by atoms with E-state index >= 15 is 0 Å². The molecule has 7 atom stereocenters. The van der Waals surface area contributed by atoms with Gasteiger partial charge in [0.2, 0.25) is 0 Å². The molecule has 0 bridgehead atoms. The van der Waals surface area contributed by atoms with Crippen LogP contribution in [0.1, 0.15) is 75.2 Å². The zero-order valence-electron chi connectivity index (χ0n) is 22.6. The van der Waals surface area contributed by atoms with Crippen LogP contribution in [0.25, 0.3) is 0 Å². The molecular weight excluding hydrogens is 420 g/mol. The third-order valence-electron chi connectivity index (χ3n) is 6.59. The van der Waals surface area contributed by atoms with Crippen molar-refractivity contribution >= 4 is 11.8 Å². The molecule has 0 aliphatic rings. The second kappa shape index (κ2) is 14.0. The second-order valence-corrected chi connectivity index (χ2v) is 10.5. The van der Waals surface area contributed by atoms with Crippen LogP contribution in [0.2, 0.25) is 0 Å². The second-order valence-electron chi connectivity index (χ2n) is 10.5. The van der Waals surface area contributed by atoms with Crippen LogP contribution in [0.4, 0.5) is 0 Å². The topological polar surface area (TPSA) is 93.1 Å². The van der Waals surface area contributed by atoms with Crippen molar-refractivity contribution < 1.29 is 29.3 Å². The highest BCUT2D eigenvalue weighted by Gasteiger charge is 2.44. The van der Waals surface area contributed by atoms with E-state index in [4.69, 9.17) is 4.74 Å². The fraction of sp³-hybridized carbons (Fsp3) is 0.778. The summed E-state index contributed by atoms with van der Waals surface area (Å²) in [4.78, 5) is 25.0. The average Bonchev–Trinajstić information content (AvgIpc) is 2.71. The van der Waals surface area contributed by atoms with Crippen LogP contribution in [-0.2, 0) is 19.1 Å². The Labute approximate surface area is 201 Å². The maximum atomic E-state index is 13.4. The Morgan fingerprint density at radius 1 is 0.970 bits per heavy atom. The molecule has 0 saturated carbocycles. The SMILES string of the molecule is COC(=O)C[C@H](O)[C@@H](C)[C@H](OC)C(C)(C)C(=O)[C@H](C)C[C@H](C)[C@H](O)/C(C)=C/[C@@H](C)C=C(C)C. The van der Waals surface area contributed by atoms with E-state index in [0.717, 1.165) is 5.57 Å². The molecule has 6 heteroatoms. The van der Waals surface area contributed by atoms with Gasteiger partial charge in [-0.15, -0.1) is 0 Å². The summed E-state index contributed by atoms with van der Waals surface area (Å²) in [6.07, 6.45) is 2.39. The van der Waals surface area contributed by atoms with Crippen molar-refractivity contribution in [2.24, 2.45) is 29.1 Å². The summed E-state index contributed by atoms with van der Waals surface area (Å²) >= 11 is 0. The molecule has 0 amide bonds. The summed E-state index contributed by atoms with van der Waals surface area (Å²) in [7, 11) is 2.79. The van der Waals surface area contributed by atoms with E-state index in [1.54, 1.807) is 6.92 Å². The molecule has 0 aromatic rings. The molecule has 6 nitrogen and oxygen atoms in total. The lowest BCUT2D eigenvalue weighted by atomic mass is 9.70. The molecule has 0 aliphatic carbocycles. The monoisotopic (exact) mass is 468 g/mol. The zero-order chi connectivity index (χ0) is 26.1. The first-order valence-corrected chi connectivity index (χ1v) is 11.9. The van der Waals surface area contributed by atoms with Gasteiger partial charge in [0.25, 0.3) is 0 Å². The van der Waals surface area contributed by atoms with Crippen LogP contribution in [-0.4, -0.2) is 54.5 Å². The van der Waals surface area contributed by atoms with Gasteiger partial charge in [-0.3, -0.25) is 9.59 Å². The van der Waals surface area contributed by atoms with Gasteiger partial charge < -0.3 is 19.7 Å². The summed E-state index contributed by atoms with van der Waals surface area (Å²) in [5.74, 6) is -1.13. The molecule has 0 aliphatic heterocycles. The van der Waals surface area contributed by atoms with Crippen LogP contribution < -0.4 is 0 Å². The number of aliphatic hydroxyl groups is 2. The fourth-order valence-electron chi connectivity index (χ4n) is 4.91. The lowest BCUT2D eigenvalue weighted by Gasteiger charge is -2.39. The Balaban J connectivity index is 5.37. The summed E-state index contributed by atoms with van der Waals surface area (Å²) in [6.45, 7) is 17.4. The van der Waals surface area contributed by atoms with Gasteiger partial charge in [0.05, 0.1) is 37.3 Å².